The van der Waals surface area contributed by atoms with Gasteiger partial charge < -0.3 is 9.47 Å². The highest BCUT2D eigenvalue weighted by Gasteiger charge is 2.69. The molecule has 8 atom stereocenters. The summed E-state index contributed by atoms with van der Waals surface area (Å²) in [5, 5.41) is 0. The zero-order valence-electron chi connectivity index (χ0n) is 23.3. The second kappa shape index (κ2) is 8.57. The van der Waals surface area contributed by atoms with Gasteiger partial charge in [-0.25, -0.2) is 0 Å². The number of ether oxygens (including phenoxy) is 2. The normalized spacial score (nSPS) is 45.8. The van der Waals surface area contributed by atoms with E-state index in [1.165, 1.54) is 44.9 Å². The van der Waals surface area contributed by atoms with Crippen LogP contribution in [0.4, 0.5) is 0 Å². The summed E-state index contributed by atoms with van der Waals surface area (Å²) in [6.07, 6.45) is 12.1. The van der Waals surface area contributed by atoms with Crippen LogP contribution in [0.2, 0.25) is 0 Å². The summed E-state index contributed by atoms with van der Waals surface area (Å²) in [6, 6.07) is 0. The van der Waals surface area contributed by atoms with Gasteiger partial charge >= 0.3 is 0 Å². The minimum absolute atomic E-state index is 0.124. The van der Waals surface area contributed by atoms with Gasteiger partial charge in [0.1, 0.15) is 5.78 Å². The molecule has 1 spiro atoms. The van der Waals surface area contributed by atoms with Gasteiger partial charge in [0.15, 0.2) is 5.79 Å². The van der Waals surface area contributed by atoms with Crippen molar-refractivity contribution in [3.8, 4) is 0 Å². The molecule has 194 valence electrons. The van der Waals surface area contributed by atoms with Gasteiger partial charge in [0.05, 0.1) is 13.2 Å². The smallest absolute Gasteiger partial charge is 0.173 e. The Morgan fingerprint density at radius 3 is 2.21 bits per heavy atom. The highest BCUT2D eigenvalue weighted by Crippen LogP contribution is 2.71. The fraction of sp³-hybridized carbons (Fsp3) is 0.968. The van der Waals surface area contributed by atoms with Crippen LogP contribution in [-0.2, 0) is 14.3 Å². The maximum absolute atomic E-state index is 14.0. The van der Waals surface area contributed by atoms with Crippen LogP contribution in [0.5, 0.6) is 0 Å². The molecule has 0 unspecified atom stereocenters. The number of carbonyl (C=O) groups is 1. The van der Waals surface area contributed by atoms with Gasteiger partial charge in [0.25, 0.3) is 0 Å². The molecule has 0 amide bonds. The van der Waals surface area contributed by atoms with Crippen LogP contribution >= 0.6 is 0 Å². The van der Waals surface area contributed by atoms with Crippen molar-refractivity contribution >= 4 is 5.78 Å². The third-order valence-electron chi connectivity index (χ3n) is 12.5. The topological polar surface area (TPSA) is 35.5 Å². The van der Waals surface area contributed by atoms with E-state index in [0.717, 1.165) is 37.0 Å². The van der Waals surface area contributed by atoms with Crippen LogP contribution < -0.4 is 0 Å². The van der Waals surface area contributed by atoms with Gasteiger partial charge in [-0.2, -0.15) is 0 Å². The Morgan fingerprint density at radius 2 is 1.53 bits per heavy atom. The Hall–Kier alpha value is -0.410. The van der Waals surface area contributed by atoms with Gasteiger partial charge in [0, 0.05) is 24.2 Å². The first kappa shape index (κ1) is 25.2. The van der Waals surface area contributed by atoms with Crippen LogP contribution in [0.3, 0.4) is 0 Å². The van der Waals surface area contributed by atoms with Gasteiger partial charge in [-0.05, 0) is 78.4 Å². The van der Waals surface area contributed by atoms with Crippen molar-refractivity contribution in [3.63, 3.8) is 0 Å². The quantitative estimate of drug-likeness (QED) is 0.412. The van der Waals surface area contributed by atoms with E-state index in [9.17, 15) is 4.79 Å². The van der Waals surface area contributed by atoms with Crippen molar-refractivity contribution in [1.29, 1.82) is 0 Å². The molecule has 0 radical (unpaired) electrons. The molecule has 1 aliphatic heterocycles. The van der Waals surface area contributed by atoms with E-state index in [2.05, 4.69) is 48.5 Å². The minimum Gasteiger partial charge on any atom is -0.347 e. The molecule has 34 heavy (non-hydrogen) atoms. The van der Waals surface area contributed by atoms with Gasteiger partial charge in [-0.1, -0.05) is 67.7 Å². The Labute approximate surface area is 209 Å². The average molecular weight is 473 g/mol. The molecule has 3 heteroatoms. The molecular formula is C31H52O3. The summed E-state index contributed by atoms with van der Waals surface area (Å²) in [6.45, 7) is 18.4. The van der Waals surface area contributed by atoms with Crippen molar-refractivity contribution in [2.75, 3.05) is 13.2 Å². The number of hydrogen-bond acceptors (Lipinski definition) is 3. The van der Waals surface area contributed by atoms with Crippen molar-refractivity contribution < 1.29 is 14.3 Å². The summed E-state index contributed by atoms with van der Waals surface area (Å²) < 4.78 is 12.6. The van der Waals surface area contributed by atoms with Gasteiger partial charge in [-0.15, -0.1) is 0 Å². The van der Waals surface area contributed by atoms with Gasteiger partial charge in [-0.3, -0.25) is 4.79 Å². The Kier molecular flexibility index (Phi) is 6.37. The van der Waals surface area contributed by atoms with Crippen LogP contribution in [0.25, 0.3) is 0 Å². The molecule has 5 aliphatic rings. The number of rotatable bonds is 5. The van der Waals surface area contributed by atoms with E-state index in [1.54, 1.807) is 0 Å². The maximum atomic E-state index is 14.0. The fourth-order valence-electron chi connectivity index (χ4n) is 10.6. The summed E-state index contributed by atoms with van der Waals surface area (Å²) >= 11 is 0. The molecule has 0 aromatic heterocycles. The average Bonchev–Trinajstić information content (AvgIpc) is 3.38. The number of Topliss-reactive ketones (excluding diaryl/α,β-unsaturated/α-hetero) is 1. The lowest BCUT2D eigenvalue weighted by molar-refractivity contribution is -0.297. The summed E-state index contributed by atoms with van der Waals surface area (Å²) in [5.41, 5.74) is 0.465. The number of carbonyl (C=O) groups excluding carboxylic acids is 1. The fourth-order valence-corrected chi connectivity index (χ4v) is 10.6. The van der Waals surface area contributed by atoms with E-state index in [-0.39, 0.29) is 10.8 Å². The van der Waals surface area contributed by atoms with E-state index < -0.39 is 5.79 Å². The molecular weight excluding hydrogens is 420 g/mol. The Balaban J connectivity index is 1.38. The zero-order valence-corrected chi connectivity index (χ0v) is 23.3. The third-order valence-corrected chi connectivity index (χ3v) is 12.5. The molecule has 3 nitrogen and oxygen atoms in total. The van der Waals surface area contributed by atoms with E-state index in [1.807, 2.05) is 0 Å². The van der Waals surface area contributed by atoms with Crippen molar-refractivity contribution in [1.82, 2.24) is 0 Å². The number of hydrogen-bond donors (Lipinski definition) is 0. The Bertz CT molecular complexity index is 780. The Morgan fingerprint density at radius 1 is 0.853 bits per heavy atom. The van der Waals surface area contributed by atoms with Crippen LogP contribution in [-0.4, -0.2) is 24.8 Å². The van der Waals surface area contributed by atoms with Crippen LogP contribution in [0.15, 0.2) is 0 Å². The predicted molar refractivity (Wildman–Crippen MR) is 137 cm³/mol. The second-order valence-electron chi connectivity index (χ2n) is 14.7. The SMILES string of the molecule is CC(C)CCC[C@@H](C)[C@H]1CC[C@H]2[C@@H]3C(=O)C[C@H]4C(C)(C)C5(CC[C@]4(C)[C@H]3CC[C@]12C)OCCO5. The molecule has 4 aliphatic carbocycles. The van der Waals surface area contributed by atoms with E-state index >= 15 is 0 Å². The first-order valence-electron chi connectivity index (χ1n) is 14.8. The monoisotopic (exact) mass is 472 g/mol. The third kappa shape index (κ3) is 3.52. The van der Waals surface area contributed by atoms with E-state index in [0.29, 0.717) is 48.1 Å². The van der Waals surface area contributed by atoms with Crippen LogP contribution in [0, 0.1) is 57.7 Å². The van der Waals surface area contributed by atoms with Crippen molar-refractivity contribution in [2.24, 2.45) is 57.7 Å². The lowest BCUT2D eigenvalue weighted by Crippen LogP contribution is -2.65. The van der Waals surface area contributed by atoms with Crippen molar-refractivity contribution in [3.05, 3.63) is 0 Å². The molecule has 0 aromatic carbocycles. The zero-order chi connectivity index (χ0) is 24.5. The van der Waals surface area contributed by atoms with Crippen LogP contribution in [0.1, 0.15) is 113 Å². The first-order valence-corrected chi connectivity index (χ1v) is 14.8. The minimum atomic E-state index is -0.475. The lowest BCUT2D eigenvalue weighted by Gasteiger charge is -2.66. The summed E-state index contributed by atoms with van der Waals surface area (Å²) in [5.74, 6) is 4.31. The molecule has 1 saturated heterocycles. The maximum Gasteiger partial charge on any atom is 0.173 e. The molecule has 0 N–H and O–H groups in total. The molecule has 5 rings (SSSR count). The highest BCUT2D eigenvalue weighted by atomic mass is 16.7. The molecule has 0 bridgehead atoms. The molecule has 0 aromatic rings. The standard InChI is InChI=1S/C31H52O3/c1-20(2)9-8-10-21(3)22-11-12-23-27-24(13-14-29(22,23)6)30(7)15-16-31(33-17-18-34-31)28(4,5)26(30)19-25(27)32/h20-24,26-27H,8-19H2,1-7H3/t21-,22-,23+,24+,26+,27+,29-,30-/m1/s1. The first-order chi connectivity index (χ1) is 16.0. The molecule has 1 heterocycles. The second-order valence-corrected chi connectivity index (χ2v) is 14.7. The van der Waals surface area contributed by atoms with Crippen molar-refractivity contribution in [2.45, 2.75) is 118 Å². The molecule has 5 fully saturated rings. The number of fused-ring (bicyclic) bond motifs is 5. The number of ketones is 1. The summed E-state index contributed by atoms with van der Waals surface area (Å²) in [4.78, 5) is 14.0. The van der Waals surface area contributed by atoms with E-state index in [4.69, 9.17) is 9.47 Å². The predicted octanol–water partition coefficient (Wildman–Crippen LogP) is 7.67. The lowest BCUT2D eigenvalue weighted by atomic mass is 9.40. The van der Waals surface area contributed by atoms with Gasteiger partial charge in [0.2, 0.25) is 0 Å². The highest BCUT2D eigenvalue weighted by molar-refractivity contribution is 5.83. The largest absolute Gasteiger partial charge is 0.347 e. The molecule has 4 saturated carbocycles. The summed E-state index contributed by atoms with van der Waals surface area (Å²) in [7, 11) is 0.